The lowest BCUT2D eigenvalue weighted by Crippen LogP contribution is -2.14. The Morgan fingerprint density at radius 2 is 1.10 bits per heavy atom. The summed E-state index contributed by atoms with van der Waals surface area (Å²) in [7, 11) is 0. The molecule has 0 aromatic heterocycles. The van der Waals surface area contributed by atoms with E-state index >= 15 is 0 Å². The maximum absolute atomic E-state index is 3.53. The topological polar surface area (TPSA) is 3.24 Å². The van der Waals surface area contributed by atoms with E-state index in [4.69, 9.17) is 0 Å². The molecule has 2 radical (unpaired) electrons. The van der Waals surface area contributed by atoms with Gasteiger partial charge in [0.15, 0.2) is 5.88 Å². The average molecular weight is 398 g/mol. The average Bonchev–Trinajstić information content (AvgIpc) is 2.98. The highest BCUT2D eigenvalue weighted by molar-refractivity contribution is 8.05. The molecular weight excluding hydrogens is 370 g/mol. The number of hydrogen-bond donors (Lipinski definition) is 0. The summed E-state index contributed by atoms with van der Waals surface area (Å²) in [5.74, 6) is 3.53. The molecule has 1 aliphatic rings. The standard InChI is InChI=1S/C27H27NS/c1-17-10-18(2)13-23(12-17)25-8-7-9-26(24-14-19(3)11-20(4)15-24)27(25)28-16-29-22(6)21(28)5/h7-15H,1-6H3. The van der Waals surface area contributed by atoms with Crippen molar-refractivity contribution in [2.24, 2.45) is 0 Å². The fourth-order valence-electron chi connectivity index (χ4n) is 4.14. The van der Waals surface area contributed by atoms with Crippen LogP contribution in [0.4, 0.5) is 5.69 Å². The molecule has 0 amide bonds. The Kier molecular flexibility index (Phi) is 5.31. The van der Waals surface area contributed by atoms with Crippen LogP contribution in [0.5, 0.6) is 0 Å². The van der Waals surface area contributed by atoms with E-state index in [1.54, 1.807) is 11.8 Å². The highest BCUT2D eigenvalue weighted by Gasteiger charge is 2.26. The van der Waals surface area contributed by atoms with E-state index in [9.17, 15) is 0 Å². The Morgan fingerprint density at radius 1 is 0.655 bits per heavy atom. The quantitative estimate of drug-likeness (QED) is 0.440. The lowest BCUT2D eigenvalue weighted by molar-refractivity contribution is 1.14. The molecule has 0 spiro atoms. The molecule has 1 nitrogen and oxygen atoms in total. The zero-order valence-electron chi connectivity index (χ0n) is 18.1. The third-order valence-electron chi connectivity index (χ3n) is 5.46. The van der Waals surface area contributed by atoms with Gasteiger partial charge in [-0.2, -0.15) is 0 Å². The van der Waals surface area contributed by atoms with E-state index in [0.717, 1.165) is 0 Å². The second-order valence-electron chi connectivity index (χ2n) is 8.12. The van der Waals surface area contributed by atoms with Crippen molar-refractivity contribution < 1.29 is 0 Å². The van der Waals surface area contributed by atoms with Gasteiger partial charge in [0.25, 0.3) is 0 Å². The minimum atomic E-state index is 1.21. The fourth-order valence-corrected chi connectivity index (χ4v) is 4.83. The summed E-state index contributed by atoms with van der Waals surface area (Å²) >= 11 is 1.68. The van der Waals surface area contributed by atoms with Crippen LogP contribution in [0.2, 0.25) is 0 Å². The van der Waals surface area contributed by atoms with Crippen LogP contribution in [-0.2, 0) is 0 Å². The molecule has 0 aliphatic carbocycles. The van der Waals surface area contributed by atoms with E-state index < -0.39 is 0 Å². The molecule has 0 N–H and O–H groups in total. The van der Waals surface area contributed by atoms with E-state index in [-0.39, 0.29) is 0 Å². The van der Waals surface area contributed by atoms with Crippen molar-refractivity contribution in [2.45, 2.75) is 41.5 Å². The van der Waals surface area contributed by atoms with Crippen molar-refractivity contribution >= 4 is 17.4 Å². The third-order valence-corrected chi connectivity index (χ3v) is 6.34. The number of rotatable bonds is 3. The minimum Gasteiger partial charge on any atom is -0.322 e. The predicted octanol–water partition coefficient (Wildman–Crippen LogP) is 8.06. The molecule has 0 saturated carbocycles. The Morgan fingerprint density at radius 3 is 1.48 bits per heavy atom. The number of nitrogens with zero attached hydrogens (tertiary/aromatic N) is 1. The Bertz CT molecular complexity index is 1010. The fraction of sp³-hybridized carbons (Fsp3) is 0.222. The van der Waals surface area contributed by atoms with Gasteiger partial charge in [-0.05, 0) is 52.7 Å². The molecular formula is C27H27NS. The second-order valence-corrected chi connectivity index (χ2v) is 9.12. The predicted molar refractivity (Wildman–Crippen MR) is 128 cm³/mol. The van der Waals surface area contributed by atoms with Crippen LogP contribution in [-0.4, -0.2) is 0 Å². The van der Waals surface area contributed by atoms with Crippen LogP contribution in [0.3, 0.4) is 0 Å². The number of benzene rings is 3. The summed E-state index contributed by atoms with van der Waals surface area (Å²) in [6, 6.07) is 20.3. The largest absolute Gasteiger partial charge is 0.322 e. The number of aryl methyl sites for hydroxylation is 4. The van der Waals surface area contributed by atoms with Crippen molar-refractivity contribution in [3.05, 3.63) is 93.3 Å². The second kappa shape index (κ2) is 7.76. The molecule has 0 atom stereocenters. The summed E-state index contributed by atoms with van der Waals surface area (Å²) < 4.78 is 0. The van der Waals surface area contributed by atoms with Gasteiger partial charge in [-0.25, -0.2) is 0 Å². The maximum atomic E-state index is 3.53. The molecule has 2 heteroatoms. The first-order chi connectivity index (χ1) is 13.8. The van der Waals surface area contributed by atoms with E-state index in [1.807, 2.05) is 0 Å². The highest BCUT2D eigenvalue weighted by Crippen LogP contribution is 2.47. The van der Waals surface area contributed by atoms with Crippen LogP contribution >= 0.6 is 11.8 Å². The summed E-state index contributed by atoms with van der Waals surface area (Å²) in [5, 5.41) is 0. The van der Waals surface area contributed by atoms with Gasteiger partial charge in [0.2, 0.25) is 0 Å². The molecule has 0 bridgehead atoms. The Balaban J connectivity index is 2.02. The smallest absolute Gasteiger partial charge is 0.169 e. The SMILES string of the molecule is CC1=C(C)N(c2c(-c3cc(C)cc(C)c3)cccc2-c2cc(C)cc(C)c2)[C]S1. The number of thioether (sulfide) groups is 1. The van der Waals surface area contributed by atoms with E-state index in [1.165, 1.54) is 60.8 Å². The molecule has 0 saturated heterocycles. The van der Waals surface area contributed by atoms with Gasteiger partial charge in [-0.1, -0.05) is 88.6 Å². The zero-order valence-corrected chi connectivity index (χ0v) is 18.9. The lowest BCUT2D eigenvalue weighted by atomic mass is 9.92. The summed E-state index contributed by atoms with van der Waals surface area (Å²) in [5.41, 5.74) is 12.6. The summed E-state index contributed by atoms with van der Waals surface area (Å²) in [4.78, 5) is 3.55. The number of allylic oxidation sites excluding steroid dienone is 2. The van der Waals surface area contributed by atoms with Gasteiger partial charge in [-0.3, -0.25) is 0 Å². The zero-order chi connectivity index (χ0) is 20.7. The normalized spacial score (nSPS) is 14.1. The third kappa shape index (κ3) is 3.86. The van der Waals surface area contributed by atoms with Gasteiger partial charge in [0.1, 0.15) is 0 Å². The van der Waals surface area contributed by atoms with Gasteiger partial charge >= 0.3 is 0 Å². The maximum Gasteiger partial charge on any atom is 0.169 e. The molecule has 29 heavy (non-hydrogen) atoms. The van der Waals surface area contributed by atoms with Crippen molar-refractivity contribution in [2.75, 3.05) is 4.90 Å². The lowest BCUT2D eigenvalue weighted by Gasteiger charge is -2.26. The summed E-state index contributed by atoms with van der Waals surface area (Å²) in [6.45, 7) is 13.0. The highest BCUT2D eigenvalue weighted by atomic mass is 32.2. The van der Waals surface area contributed by atoms with E-state index in [2.05, 4.69) is 107 Å². The van der Waals surface area contributed by atoms with Crippen molar-refractivity contribution in [3.63, 3.8) is 0 Å². The van der Waals surface area contributed by atoms with Crippen molar-refractivity contribution in [3.8, 4) is 22.3 Å². The number of hydrogen-bond acceptors (Lipinski definition) is 2. The van der Waals surface area contributed by atoms with Gasteiger partial charge in [0, 0.05) is 21.7 Å². The van der Waals surface area contributed by atoms with Gasteiger partial charge < -0.3 is 4.90 Å². The number of para-hydroxylation sites is 1. The molecule has 146 valence electrons. The van der Waals surface area contributed by atoms with Crippen LogP contribution in [0.25, 0.3) is 22.3 Å². The molecule has 3 aromatic carbocycles. The monoisotopic (exact) mass is 397 g/mol. The molecule has 4 rings (SSSR count). The van der Waals surface area contributed by atoms with Crippen LogP contribution < -0.4 is 4.90 Å². The van der Waals surface area contributed by atoms with Crippen LogP contribution in [0, 0.1) is 33.6 Å². The van der Waals surface area contributed by atoms with Gasteiger partial charge in [-0.15, -0.1) is 0 Å². The molecule has 3 aromatic rings. The molecule has 1 heterocycles. The van der Waals surface area contributed by atoms with E-state index in [0.29, 0.717) is 0 Å². The van der Waals surface area contributed by atoms with Crippen molar-refractivity contribution in [1.82, 2.24) is 0 Å². The van der Waals surface area contributed by atoms with Crippen LogP contribution in [0.1, 0.15) is 36.1 Å². The Hall–Kier alpha value is -2.45. The first kappa shape index (κ1) is 19.8. The number of anilines is 1. The molecule has 1 aliphatic heterocycles. The first-order valence-electron chi connectivity index (χ1n) is 10.0. The molecule has 0 fully saturated rings. The first-order valence-corrected chi connectivity index (χ1v) is 10.9. The van der Waals surface area contributed by atoms with Crippen LogP contribution in [0.15, 0.2) is 65.2 Å². The summed E-state index contributed by atoms with van der Waals surface area (Å²) in [6.07, 6.45) is 0. The minimum absolute atomic E-state index is 1.21. The molecule has 0 unspecified atom stereocenters. The van der Waals surface area contributed by atoms with Gasteiger partial charge in [0.05, 0.1) is 5.69 Å². The Labute approximate surface area is 179 Å². The van der Waals surface area contributed by atoms with Crippen molar-refractivity contribution in [1.29, 1.82) is 0 Å².